The fourth-order valence-corrected chi connectivity index (χ4v) is 1.97. The van der Waals surface area contributed by atoms with E-state index in [4.69, 9.17) is 5.73 Å². The summed E-state index contributed by atoms with van der Waals surface area (Å²) in [5.41, 5.74) is 8.62. The summed E-state index contributed by atoms with van der Waals surface area (Å²) in [5, 5.41) is 0. The van der Waals surface area contributed by atoms with Gasteiger partial charge in [-0.1, -0.05) is 0 Å². The van der Waals surface area contributed by atoms with Gasteiger partial charge in [-0.15, -0.1) is 0 Å². The summed E-state index contributed by atoms with van der Waals surface area (Å²) in [4.78, 5) is 3.40. The molecule has 11 heavy (non-hydrogen) atoms. The average molecular weight is 149 g/mol. The van der Waals surface area contributed by atoms with Crippen molar-refractivity contribution < 1.29 is 4.99 Å². The number of nitrogens with one attached hydrogen (secondary N) is 1. The first-order valence-electron chi connectivity index (χ1n) is 4.45. The van der Waals surface area contributed by atoms with Gasteiger partial charge in [-0.2, -0.15) is 0 Å². The highest BCUT2D eigenvalue weighted by molar-refractivity contribution is 5.77. The molecule has 2 heteroatoms. The highest BCUT2D eigenvalue weighted by Gasteiger charge is 2.49. The maximum atomic E-state index is 6.01. The molecule has 1 aliphatic heterocycles. The van der Waals surface area contributed by atoms with Crippen LogP contribution in [0.25, 0.3) is 0 Å². The van der Waals surface area contributed by atoms with Crippen molar-refractivity contribution in [3.8, 4) is 0 Å². The van der Waals surface area contributed by atoms with Gasteiger partial charge in [-0.25, -0.2) is 4.99 Å². The van der Waals surface area contributed by atoms with Gasteiger partial charge in [-0.05, 0) is 18.8 Å². The molecule has 0 spiro atoms. The largest absolute Gasteiger partial charge is 0.401 e. The maximum absolute atomic E-state index is 6.01. The van der Waals surface area contributed by atoms with Crippen LogP contribution in [0.1, 0.15) is 19.3 Å². The van der Waals surface area contributed by atoms with E-state index in [9.17, 15) is 0 Å². The molecular weight excluding hydrogens is 136 g/mol. The third-order valence-corrected chi connectivity index (χ3v) is 2.99. The smallest absolute Gasteiger partial charge is 0.167 e. The minimum Gasteiger partial charge on any atom is -0.401 e. The molecule has 2 unspecified atom stereocenters. The van der Waals surface area contributed by atoms with Crippen LogP contribution >= 0.6 is 0 Å². The number of rotatable bonds is 1. The molecular formula is C9H13N2+. The average Bonchev–Trinajstić information content (AvgIpc) is 2.84. The standard InChI is InChI=1S/C9H12N2/c10-9-6-3-8(6)11-4-7(9)5-1-2-5/h4-6,8H,1-3,10H2/p+1. The number of hydrogen-bond donors (Lipinski definition) is 2. The third kappa shape index (κ3) is 0.753. The van der Waals surface area contributed by atoms with Crippen LogP contribution in [0.4, 0.5) is 0 Å². The SMILES string of the molecule is NC1=C(C2CC2)C=[NH+]C2CC12. The van der Waals surface area contributed by atoms with E-state index in [-0.39, 0.29) is 0 Å². The van der Waals surface area contributed by atoms with Gasteiger partial charge in [0.1, 0.15) is 0 Å². The number of hydrogen-bond acceptors (Lipinski definition) is 1. The van der Waals surface area contributed by atoms with Crippen molar-refractivity contribution in [1.82, 2.24) is 0 Å². The van der Waals surface area contributed by atoms with Crippen molar-refractivity contribution in [2.75, 3.05) is 0 Å². The van der Waals surface area contributed by atoms with E-state index in [0.29, 0.717) is 12.0 Å². The molecule has 0 aromatic rings. The molecule has 2 saturated carbocycles. The Labute approximate surface area is 66.2 Å². The van der Waals surface area contributed by atoms with Crippen molar-refractivity contribution >= 4 is 6.21 Å². The Kier molecular flexibility index (Phi) is 0.888. The quantitative estimate of drug-likeness (QED) is 0.501. The molecule has 0 bridgehead atoms. The maximum Gasteiger partial charge on any atom is 0.167 e. The molecule has 0 aromatic heterocycles. The fourth-order valence-electron chi connectivity index (χ4n) is 1.97. The molecule has 0 aromatic carbocycles. The van der Waals surface area contributed by atoms with Gasteiger partial charge in [0.15, 0.2) is 12.3 Å². The van der Waals surface area contributed by atoms with Gasteiger partial charge in [-0.3, -0.25) is 0 Å². The minimum absolute atomic E-state index is 0.690. The predicted octanol–water partition coefficient (Wildman–Crippen LogP) is -0.837. The highest BCUT2D eigenvalue weighted by Crippen LogP contribution is 2.42. The summed E-state index contributed by atoms with van der Waals surface area (Å²) < 4.78 is 0. The summed E-state index contributed by atoms with van der Waals surface area (Å²) in [7, 11) is 0. The van der Waals surface area contributed by atoms with Crippen molar-refractivity contribution in [2.24, 2.45) is 17.6 Å². The molecule has 2 nitrogen and oxygen atoms in total. The Morgan fingerprint density at radius 1 is 1.45 bits per heavy atom. The second-order valence-electron chi connectivity index (χ2n) is 3.94. The van der Waals surface area contributed by atoms with Gasteiger partial charge in [0.05, 0.1) is 5.92 Å². The van der Waals surface area contributed by atoms with Gasteiger partial charge >= 0.3 is 0 Å². The Morgan fingerprint density at radius 2 is 2.27 bits per heavy atom. The summed E-state index contributed by atoms with van der Waals surface area (Å²) >= 11 is 0. The van der Waals surface area contributed by atoms with Crippen molar-refractivity contribution in [1.29, 1.82) is 0 Å². The van der Waals surface area contributed by atoms with Gasteiger partial charge in [0.2, 0.25) is 0 Å². The van der Waals surface area contributed by atoms with Crippen molar-refractivity contribution in [3.63, 3.8) is 0 Å². The number of nitrogens with two attached hydrogens (primary N) is 1. The van der Waals surface area contributed by atoms with Gasteiger partial charge in [0.25, 0.3) is 0 Å². The van der Waals surface area contributed by atoms with Crippen LogP contribution in [-0.4, -0.2) is 12.3 Å². The van der Waals surface area contributed by atoms with Crippen LogP contribution < -0.4 is 10.7 Å². The molecule has 0 amide bonds. The van der Waals surface area contributed by atoms with Crippen LogP contribution in [0, 0.1) is 11.8 Å². The molecule has 2 fully saturated rings. The Hall–Kier alpha value is -0.790. The van der Waals surface area contributed by atoms with E-state index in [1.54, 1.807) is 0 Å². The van der Waals surface area contributed by atoms with E-state index in [0.717, 1.165) is 5.92 Å². The van der Waals surface area contributed by atoms with Crippen LogP contribution in [0.3, 0.4) is 0 Å². The number of fused-ring (bicyclic) bond motifs is 1. The molecule has 2 atom stereocenters. The second-order valence-corrected chi connectivity index (χ2v) is 3.94. The lowest BCUT2D eigenvalue weighted by atomic mass is 10.1. The molecule has 0 saturated heterocycles. The Bertz CT molecular complexity index is 261. The first-order chi connectivity index (χ1) is 5.36. The monoisotopic (exact) mass is 149 g/mol. The Morgan fingerprint density at radius 3 is 3.00 bits per heavy atom. The molecule has 3 N–H and O–H groups in total. The summed E-state index contributed by atoms with van der Waals surface area (Å²) in [5.74, 6) is 1.50. The Balaban J connectivity index is 1.98. The summed E-state index contributed by atoms with van der Waals surface area (Å²) in [6, 6.07) is 0.692. The van der Waals surface area contributed by atoms with Gasteiger partial charge < -0.3 is 5.73 Å². The highest BCUT2D eigenvalue weighted by atomic mass is 14.9. The normalized spacial score (nSPS) is 40.7. The lowest BCUT2D eigenvalue weighted by molar-refractivity contribution is -0.472. The zero-order valence-electron chi connectivity index (χ0n) is 6.51. The molecule has 3 rings (SSSR count). The molecule has 2 aliphatic carbocycles. The van der Waals surface area contributed by atoms with Crippen molar-refractivity contribution in [2.45, 2.75) is 25.3 Å². The third-order valence-electron chi connectivity index (χ3n) is 2.99. The molecule has 58 valence electrons. The van der Waals surface area contributed by atoms with E-state index < -0.39 is 0 Å². The minimum atomic E-state index is 0.690. The molecule has 0 radical (unpaired) electrons. The van der Waals surface area contributed by atoms with E-state index in [1.165, 1.54) is 30.5 Å². The number of allylic oxidation sites excluding steroid dienone is 1. The topological polar surface area (TPSA) is 40.0 Å². The first kappa shape index (κ1) is 5.81. The molecule has 3 aliphatic rings. The fraction of sp³-hybridized carbons (Fsp3) is 0.667. The second kappa shape index (κ2) is 1.68. The summed E-state index contributed by atoms with van der Waals surface area (Å²) in [6.07, 6.45) is 6.12. The van der Waals surface area contributed by atoms with Crippen LogP contribution in [0.2, 0.25) is 0 Å². The van der Waals surface area contributed by atoms with E-state index in [1.807, 2.05) is 0 Å². The van der Waals surface area contributed by atoms with Crippen LogP contribution in [0.15, 0.2) is 11.3 Å². The molecule has 1 heterocycles. The zero-order valence-corrected chi connectivity index (χ0v) is 6.51. The summed E-state index contributed by atoms with van der Waals surface area (Å²) in [6.45, 7) is 0. The first-order valence-corrected chi connectivity index (χ1v) is 4.45. The lowest BCUT2D eigenvalue weighted by Gasteiger charge is -2.05. The van der Waals surface area contributed by atoms with E-state index >= 15 is 0 Å². The zero-order chi connectivity index (χ0) is 7.42. The van der Waals surface area contributed by atoms with E-state index in [2.05, 4.69) is 11.2 Å². The van der Waals surface area contributed by atoms with Gasteiger partial charge in [0, 0.05) is 17.7 Å². The lowest BCUT2D eigenvalue weighted by Crippen LogP contribution is -2.73. The van der Waals surface area contributed by atoms with Crippen LogP contribution in [-0.2, 0) is 0 Å². The predicted molar refractivity (Wildman–Crippen MR) is 42.9 cm³/mol. The van der Waals surface area contributed by atoms with Crippen LogP contribution in [0.5, 0.6) is 0 Å². The van der Waals surface area contributed by atoms with Crippen molar-refractivity contribution in [3.05, 3.63) is 11.3 Å².